The van der Waals surface area contributed by atoms with Crippen molar-refractivity contribution >= 4 is 11.3 Å². The van der Waals surface area contributed by atoms with Gasteiger partial charge in [-0.1, -0.05) is 37.6 Å². The van der Waals surface area contributed by atoms with Crippen LogP contribution in [0.1, 0.15) is 47.7 Å². The van der Waals surface area contributed by atoms with Gasteiger partial charge in [-0.25, -0.2) is 4.98 Å². The molecule has 0 saturated heterocycles. The predicted molar refractivity (Wildman–Crippen MR) is 81.4 cm³/mol. The molecule has 1 aliphatic rings. The number of rotatable bonds is 3. The summed E-state index contributed by atoms with van der Waals surface area (Å²) in [6.45, 7) is 2.17. The number of thiazole rings is 1. The number of aryl methyl sites for hydroxylation is 2. The second-order valence-electron chi connectivity index (χ2n) is 5.23. The monoisotopic (exact) mass is 272 g/mol. The third-order valence-electron chi connectivity index (χ3n) is 3.75. The van der Waals surface area contributed by atoms with Crippen LogP contribution < -0.4 is 5.73 Å². The van der Waals surface area contributed by atoms with Crippen LogP contribution in [0.25, 0.3) is 11.3 Å². The summed E-state index contributed by atoms with van der Waals surface area (Å²) in [7, 11) is 0. The standard InChI is InChI=1S/C16H20N2S/c1-2-6-13(17)16-18-15-12-9-4-3-7-11(12)8-5-10-14(15)19-16/h3-4,7,9,13H,2,5-6,8,10,17H2,1H3. The summed E-state index contributed by atoms with van der Waals surface area (Å²) in [5.41, 5.74) is 10.2. The van der Waals surface area contributed by atoms with Gasteiger partial charge < -0.3 is 5.73 Å². The SMILES string of the molecule is CCCC(N)c1nc2c(s1)CCCc1ccccc1-2. The predicted octanol–water partition coefficient (Wildman–Crippen LogP) is 4.10. The van der Waals surface area contributed by atoms with Gasteiger partial charge in [-0.05, 0) is 31.2 Å². The molecule has 0 radical (unpaired) electrons. The van der Waals surface area contributed by atoms with Gasteiger partial charge in [0.2, 0.25) is 0 Å². The highest BCUT2D eigenvalue weighted by Crippen LogP contribution is 2.37. The molecule has 0 saturated carbocycles. The highest BCUT2D eigenvalue weighted by molar-refractivity contribution is 7.12. The molecule has 0 fully saturated rings. The van der Waals surface area contributed by atoms with Crippen molar-refractivity contribution in [2.45, 2.75) is 45.1 Å². The van der Waals surface area contributed by atoms with Gasteiger partial charge in [0.15, 0.2) is 0 Å². The minimum absolute atomic E-state index is 0.106. The molecule has 3 heteroatoms. The third kappa shape index (κ3) is 2.45. The van der Waals surface area contributed by atoms with Crippen LogP contribution in [0.15, 0.2) is 24.3 Å². The van der Waals surface area contributed by atoms with Crippen molar-refractivity contribution in [3.63, 3.8) is 0 Å². The van der Waals surface area contributed by atoms with Crippen molar-refractivity contribution in [3.8, 4) is 11.3 Å². The van der Waals surface area contributed by atoms with E-state index < -0.39 is 0 Å². The smallest absolute Gasteiger partial charge is 0.110 e. The molecule has 100 valence electrons. The summed E-state index contributed by atoms with van der Waals surface area (Å²) in [5.74, 6) is 0. The second-order valence-corrected chi connectivity index (χ2v) is 6.34. The Kier molecular flexibility index (Phi) is 3.67. The van der Waals surface area contributed by atoms with Gasteiger partial charge >= 0.3 is 0 Å². The number of nitrogens with zero attached hydrogens (tertiary/aromatic N) is 1. The number of nitrogens with two attached hydrogens (primary N) is 1. The molecule has 1 unspecified atom stereocenters. The molecule has 19 heavy (non-hydrogen) atoms. The van der Waals surface area contributed by atoms with Gasteiger partial charge in [-0.3, -0.25) is 0 Å². The van der Waals surface area contributed by atoms with Crippen molar-refractivity contribution in [2.75, 3.05) is 0 Å². The molecule has 1 aromatic carbocycles. The number of fused-ring (bicyclic) bond motifs is 3. The van der Waals surface area contributed by atoms with Crippen LogP contribution in [0, 0.1) is 0 Å². The highest BCUT2D eigenvalue weighted by Gasteiger charge is 2.20. The van der Waals surface area contributed by atoms with Crippen LogP contribution in [-0.4, -0.2) is 4.98 Å². The lowest BCUT2D eigenvalue weighted by Crippen LogP contribution is -2.09. The first kappa shape index (κ1) is 12.8. The van der Waals surface area contributed by atoms with E-state index in [0.29, 0.717) is 0 Å². The zero-order chi connectivity index (χ0) is 13.2. The van der Waals surface area contributed by atoms with Crippen LogP contribution >= 0.6 is 11.3 Å². The number of hydrogen-bond acceptors (Lipinski definition) is 3. The summed E-state index contributed by atoms with van der Waals surface area (Å²) < 4.78 is 0. The fourth-order valence-electron chi connectivity index (χ4n) is 2.75. The van der Waals surface area contributed by atoms with Crippen LogP contribution in [0.3, 0.4) is 0 Å². The lowest BCUT2D eigenvalue weighted by Gasteiger charge is -2.06. The third-order valence-corrected chi connectivity index (χ3v) is 5.00. The first-order chi connectivity index (χ1) is 9.29. The van der Waals surface area contributed by atoms with E-state index in [4.69, 9.17) is 10.7 Å². The molecule has 1 aromatic heterocycles. The van der Waals surface area contributed by atoms with Gasteiger partial charge in [0, 0.05) is 10.4 Å². The maximum Gasteiger partial charge on any atom is 0.110 e. The van der Waals surface area contributed by atoms with Gasteiger partial charge in [0.05, 0.1) is 11.7 Å². The van der Waals surface area contributed by atoms with E-state index in [2.05, 4.69) is 31.2 Å². The van der Waals surface area contributed by atoms with Gasteiger partial charge in [-0.15, -0.1) is 11.3 Å². The molecule has 0 bridgehead atoms. The van der Waals surface area contributed by atoms with Crippen LogP contribution in [0.5, 0.6) is 0 Å². The Hall–Kier alpha value is -1.19. The van der Waals surface area contributed by atoms with Crippen LogP contribution in [0.4, 0.5) is 0 Å². The quantitative estimate of drug-likeness (QED) is 0.913. The summed E-state index contributed by atoms with van der Waals surface area (Å²) in [5, 5.41) is 1.11. The Balaban J connectivity index is 2.04. The molecule has 2 nitrogen and oxygen atoms in total. The highest BCUT2D eigenvalue weighted by atomic mass is 32.1. The molecule has 1 aliphatic carbocycles. The fourth-order valence-corrected chi connectivity index (χ4v) is 3.91. The zero-order valence-electron chi connectivity index (χ0n) is 11.4. The van der Waals surface area contributed by atoms with E-state index >= 15 is 0 Å². The average molecular weight is 272 g/mol. The number of hydrogen-bond donors (Lipinski definition) is 1. The fraction of sp³-hybridized carbons (Fsp3) is 0.438. The Morgan fingerprint density at radius 2 is 2.16 bits per heavy atom. The lowest BCUT2D eigenvalue weighted by molar-refractivity contribution is 0.635. The molecule has 0 aliphatic heterocycles. The molecule has 2 N–H and O–H groups in total. The topological polar surface area (TPSA) is 38.9 Å². The minimum atomic E-state index is 0.106. The zero-order valence-corrected chi connectivity index (χ0v) is 12.2. The number of aromatic nitrogens is 1. The van der Waals surface area contributed by atoms with E-state index in [0.717, 1.165) is 30.7 Å². The molecular weight excluding hydrogens is 252 g/mol. The summed E-state index contributed by atoms with van der Waals surface area (Å²) >= 11 is 1.82. The maximum absolute atomic E-state index is 6.22. The van der Waals surface area contributed by atoms with Gasteiger partial charge in [0.1, 0.15) is 5.01 Å². The molecule has 0 amide bonds. The minimum Gasteiger partial charge on any atom is -0.322 e. The van der Waals surface area contributed by atoms with Crippen molar-refractivity contribution in [2.24, 2.45) is 5.73 Å². The Bertz CT molecular complexity index is 574. The first-order valence-electron chi connectivity index (χ1n) is 7.13. The second kappa shape index (κ2) is 5.43. The first-order valence-corrected chi connectivity index (χ1v) is 7.94. The van der Waals surface area contributed by atoms with E-state index in [1.165, 1.54) is 28.1 Å². The van der Waals surface area contributed by atoms with E-state index in [1.807, 2.05) is 11.3 Å². The van der Waals surface area contributed by atoms with Crippen molar-refractivity contribution in [3.05, 3.63) is 39.7 Å². The molecule has 0 spiro atoms. The molecular formula is C16H20N2S. The molecule has 1 heterocycles. The largest absolute Gasteiger partial charge is 0.322 e. The van der Waals surface area contributed by atoms with Gasteiger partial charge in [-0.2, -0.15) is 0 Å². The summed E-state index contributed by atoms with van der Waals surface area (Å²) in [6.07, 6.45) is 5.65. The molecule has 1 atom stereocenters. The Labute approximate surface area is 118 Å². The molecule has 3 rings (SSSR count). The van der Waals surface area contributed by atoms with Crippen LogP contribution in [0.2, 0.25) is 0 Å². The summed E-state index contributed by atoms with van der Waals surface area (Å²) in [6, 6.07) is 8.77. The van der Waals surface area contributed by atoms with Gasteiger partial charge in [0.25, 0.3) is 0 Å². The Morgan fingerprint density at radius 1 is 1.32 bits per heavy atom. The lowest BCUT2D eigenvalue weighted by atomic mass is 10.0. The summed E-state index contributed by atoms with van der Waals surface area (Å²) in [4.78, 5) is 6.29. The Morgan fingerprint density at radius 3 is 3.00 bits per heavy atom. The molecule has 2 aromatic rings. The van der Waals surface area contributed by atoms with Crippen LogP contribution in [-0.2, 0) is 12.8 Å². The normalized spacial score (nSPS) is 15.5. The van der Waals surface area contributed by atoms with Crippen molar-refractivity contribution < 1.29 is 0 Å². The van der Waals surface area contributed by atoms with E-state index in [-0.39, 0.29) is 6.04 Å². The van der Waals surface area contributed by atoms with Crippen molar-refractivity contribution in [1.29, 1.82) is 0 Å². The average Bonchev–Trinajstić information content (AvgIpc) is 2.77. The van der Waals surface area contributed by atoms with E-state index in [9.17, 15) is 0 Å². The van der Waals surface area contributed by atoms with E-state index in [1.54, 1.807) is 0 Å². The maximum atomic E-state index is 6.22. The van der Waals surface area contributed by atoms with Crippen molar-refractivity contribution in [1.82, 2.24) is 4.98 Å². The number of benzene rings is 1.